The van der Waals surface area contributed by atoms with E-state index in [1.54, 1.807) is 4.68 Å². The lowest BCUT2D eigenvalue weighted by Crippen LogP contribution is -2.35. The van der Waals surface area contributed by atoms with Gasteiger partial charge in [0.25, 0.3) is 0 Å². The van der Waals surface area contributed by atoms with Crippen molar-refractivity contribution in [3.05, 3.63) is 17.5 Å². The zero-order valence-electron chi connectivity index (χ0n) is 10.1. The minimum Gasteiger partial charge on any atom is -0.315 e. The lowest BCUT2D eigenvalue weighted by atomic mass is 10.3. The van der Waals surface area contributed by atoms with Crippen LogP contribution in [0.3, 0.4) is 0 Å². The van der Waals surface area contributed by atoms with Gasteiger partial charge in [-0.05, 0) is 19.9 Å². The smallest absolute Gasteiger partial charge is 0.216 e. The fourth-order valence-corrected chi connectivity index (χ4v) is 3.37. The molecule has 6 nitrogen and oxygen atoms in total. The Labute approximate surface area is 101 Å². The molecular weight excluding hydrogens is 240 g/mol. The van der Waals surface area contributed by atoms with Crippen molar-refractivity contribution in [3.8, 4) is 0 Å². The maximum atomic E-state index is 11.9. The van der Waals surface area contributed by atoms with E-state index in [1.807, 2.05) is 20.2 Å². The van der Waals surface area contributed by atoms with Gasteiger partial charge in [0.15, 0.2) is 0 Å². The first-order chi connectivity index (χ1) is 7.99. The van der Waals surface area contributed by atoms with E-state index in [2.05, 4.69) is 15.1 Å². The van der Waals surface area contributed by atoms with Crippen LogP contribution in [0.25, 0.3) is 0 Å². The fourth-order valence-electron chi connectivity index (χ4n) is 2.01. The number of nitrogens with one attached hydrogen (secondary N) is 2. The van der Waals surface area contributed by atoms with Gasteiger partial charge in [-0.3, -0.25) is 4.68 Å². The molecule has 1 aromatic rings. The molecule has 17 heavy (non-hydrogen) atoms. The van der Waals surface area contributed by atoms with Gasteiger partial charge in [0.2, 0.25) is 10.0 Å². The maximum Gasteiger partial charge on any atom is 0.216 e. The minimum atomic E-state index is -3.22. The standard InChI is InChI=1S/C10H18N4O2S/c1-8-9(7-14(2)13-8)5-12-17(15,16)10-3-4-11-6-10/h7,10-12H,3-6H2,1-2H3. The summed E-state index contributed by atoms with van der Waals surface area (Å²) in [5.41, 5.74) is 1.78. The average Bonchev–Trinajstić information content (AvgIpc) is 2.85. The molecular formula is C10H18N4O2S. The van der Waals surface area contributed by atoms with Crippen LogP contribution in [0.4, 0.5) is 0 Å². The van der Waals surface area contributed by atoms with Gasteiger partial charge < -0.3 is 5.32 Å². The first kappa shape index (κ1) is 12.5. The molecule has 1 atom stereocenters. The number of hydrogen-bond acceptors (Lipinski definition) is 4. The first-order valence-corrected chi connectivity index (χ1v) is 7.22. The highest BCUT2D eigenvalue weighted by Crippen LogP contribution is 2.10. The lowest BCUT2D eigenvalue weighted by molar-refractivity contribution is 0.567. The molecule has 2 N–H and O–H groups in total. The van der Waals surface area contributed by atoms with Gasteiger partial charge in [0.05, 0.1) is 10.9 Å². The molecule has 0 bridgehead atoms. The number of sulfonamides is 1. The summed E-state index contributed by atoms with van der Waals surface area (Å²) in [6.45, 7) is 3.51. The summed E-state index contributed by atoms with van der Waals surface area (Å²) in [6, 6.07) is 0. The van der Waals surface area contributed by atoms with Crippen molar-refractivity contribution in [2.75, 3.05) is 13.1 Å². The Bertz CT molecular complexity index is 488. The van der Waals surface area contributed by atoms with E-state index in [-0.39, 0.29) is 5.25 Å². The summed E-state index contributed by atoms with van der Waals surface area (Å²) in [7, 11) is -1.39. The van der Waals surface area contributed by atoms with Gasteiger partial charge in [-0.1, -0.05) is 0 Å². The van der Waals surface area contributed by atoms with Crippen LogP contribution in [0.2, 0.25) is 0 Å². The molecule has 1 unspecified atom stereocenters. The van der Waals surface area contributed by atoms with Crippen molar-refractivity contribution < 1.29 is 8.42 Å². The Balaban J connectivity index is 2.00. The van der Waals surface area contributed by atoms with Crippen molar-refractivity contribution in [2.24, 2.45) is 7.05 Å². The third-order valence-electron chi connectivity index (χ3n) is 3.03. The molecule has 1 fully saturated rings. The molecule has 2 heterocycles. The minimum absolute atomic E-state index is 0.306. The van der Waals surface area contributed by atoms with E-state index in [1.165, 1.54) is 0 Å². The van der Waals surface area contributed by atoms with Gasteiger partial charge in [0.1, 0.15) is 0 Å². The molecule has 0 spiro atoms. The zero-order valence-corrected chi connectivity index (χ0v) is 10.9. The van der Waals surface area contributed by atoms with E-state index in [0.29, 0.717) is 19.5 Å². The van der Waals surface area contributed by atoms with Gasteiger partial charge in [0, 0.05) is 31.9 Å². The second-order valence-corrected chi connectivity index (χ2v) is 6.44. The third kappa shape index (κ3) is 2.85. The van der Waals surface area contributed by atoms with Crippen LogP contribution in [0.15, 0.2) is 6.20 Å². The quantitative estimate of drug-likeness (QED) is 0.764. The van der Waals surface area contributed by atoms with E-state index < -0.39 is 10.0 Å². The normalized spacial score (nSPS) is 20.9. The molecule has 0 radical (unpaired) electrons. The topological polar surface area (TPSA) is 76.0 Å². The van der Waals surface area contributed by atoms with E-state index >= 15 is 0 Å². The molecule has 0 aliphatic carbocycles. The molecule has 1 aromatic heterocycles. The fraction of sp³-hybridized carbons (Fsp3) is 0.700. The van der Waals surface area contributed by atoms with Crippen molar-refractivity contribution in [2.45, 2.75) is 25.1 Å². The predicted molar refractivity (Wildman–Crippen MR) is 65.0 cm³/mol. The molecule has 7 heteroatoms. The van der Waals surface area contributed by atoms with Crippen molar-refractivity contribution >= 4 is 10.0 Å². The average molecular weight is 258 g/mol. The second-order valence-electron chi connectivity index (χ2n) is 4.39. The Kier molecular flexibility index (Phi) is 3.50. The molecule has 1 aliphatic heterocycles. The maximum absolute atomic E-state index is 11.9. The summed E-state index contributed by atoms with van der Waals surface area (Å²) in [5, 5.41) is 6.93. The number of aromatic nitrogens is 2. The molecule has 1 aliphatic rings. The van der Waals surface area contributed by atoms with Crippen LogP contribution in [0, 0.1) is 6.92 Å². The van der Waals surface area contributed by atoms with Gasteiger partial charge in [-0.15, -0.1) is 0 Å². The Morgan fingerprint density at radius 3 is 2.94 bits per heavy atom. The van der Waals surface area contributed by atoms with E-state index in [0.717, 1.165) is 17.8 Å². The molecule has 96 valence electrons. The molecule has 2 rings (SSSR count). The number of aryl methyl sites for hydroxylation is 2. The number of hydrogen-bond donors (Lipinski definition) is 2. The number of rotatable bonds is 4. The monoisotopic (exact) mass is 258 g/mol. The highest BCUT2D eigenvalue weighted by Gasteiger charge is 2.28. The van der Waals surface area contributed by atoms with Crippen molar-refractivity contribution in [1.29, 1.82) is 0 Å². The summed E-state index contributed by atoms with van der Waals surface area (Å²) in [5.74, 6) is 0. The van der Waals surface area contributed by atoms with Crippen LogP contribution in [0.5, 0.6) is 0 Å². The number of nitrogens with zero attached hydrogens (tertiary/aromatic N) is 2. The SMILES string of the molecule is Cc1nn(C)cc1CNS(=O)(=O)C1CCNC1. The predicted octanol–water partition coefficient (Wildman–Crippen LogP) is -0.490. The van der Waals surface area contributed by atoms with Gasteiger partial charge in [-0.25, -0.2) is 13.1 Å². The summed E-state index contributed by atoms with van der Waals surface area (Å²) >= 11 is 0. The Morgan fingerprint density at radius 1 is 1.65 bits per heavy atom. The largest absolute Gasteiger partial charge is 0.315 e. The van der Waals surface area contributed by atoms with Crippen molar-refractivity contribution in [1.82, 2.24) is 19.8 Å². The molecule has 0 aromatic carbocycles. The van der Waals surface area contributed by atoms with Gasteiger partial charge in [-0.2, -0.15) is 5.10 Å². The Morgan fingerprint density at radius 2 is 2.41 bits per heavy atom. The molecule has 0 amide bonds. The van der Waals surface area contributed by atoms with E-state index in [4.69, 9.17) is 0 Å². The highest BCUT2D eigenvalue weighted by molar-refractivity contribution is 7.90. The van der Waals surface area contributed by atoms with Crippen LogP contribution < -0.4 is 10.0 Å². The van der Waals surface area contributed by atoms with Crippen molar-refractivity contribution in [3.63, 3.8) is 0 Å². The lowest BCUT2D eigenvalue weighted by Gasteiger charge is -2.11. The summed E-state index contributed by atoms with van der Waals surface area (Å²) in [4.78, 5) is 0. The second kappa shape index (κ2) is 4.75. The zero-order chi connectivity index (χ0) is 12.5. The Hall–Kier alpha value is -0.920. The van der Waals surface area contributed by atoms with Crippen LogP contribution >= 0.6 is 0 Å². The van der Waals surface area contributed by atoms with Crippen LogP contribution in [-0.4, -0.2) is 36.5 Å². The third-order valence-corrected chi connectivity index (χ3v) is 4.86. The summed E-state index contributed by atoms with van der Waals surface area (Å²) in [6.07, 6.45) is 2.52. The van der Waals surface area contributed by atoms with Crippen LogP contribution in [0.1, 0.15) is 17.7 Å². The van der Waals surface area contributed by atoms with Crippen LogP contribution in [-0.2, 0) is 23.6 Å². The van der Waals surface area contributed by atoms with Gasteiger partial charge >= 0.3 is 0 Å². The van der Waals surface area contributed by atoms with E-state index in [9.17, 15) is 8.42 Å². The molecule has 1 saturated heterocycles. The molecule has 0 saturated carbocycles. The highest BCUT2D eigenvalue weighted by atomic mass is 32.2. The summed E-state index contributed by atoms with van der Waals surface area (Å²) < 4.78 is 28.2. The first-order valence-electron chi connectivity index (χ1n) is 5.67.